The molecule has 2 heterocycles. The number of aromatic nitrogens is 1. The molecule has 32 heavy (non-hydrogen) atoms. The van der Waals surface area contributed by atoms with Gasteiger partial charge in [-0.15, -0.1) is 0 Å². The van der Waals surface area contributed by atoms with Crippen molar-refractivity contribution in [1.29, 1.82) is 5.41 Å². The van der Waals surface area contributed by atoms with Gasteiger partial charge in [-0.25, -0.2) is 4.79 Å². The van der Waals surface area contributed by atoms with E-state index in [2.05, 4.69) is 25.7 Å². The van der Waals surface area contributed by atoms with Crippen LogP contribution in [-0.4, -0.2) is 65.9 Å². The standard InChI is InChI=1S/C22H32N6O4/c1-32-22(31)27-20(23)17-10-9-15(12-25-17)13-26-21(30)18-8-5-11-28(18)19(29)14-24-16-6-3-2-4-7-16/h9-10,12,16,18,24H,2-8,11,13-14H2,1H3,(H,26,30)(H2,23,27,31)/t18-/m1/s1. The number of methoxy groups -OCH3 is 1. The Morgan fingerprint density at radius 1 is 1.16 bits per heavy atom. The van der Waals surface area contributed by atoms with Gasteiger partial charge in [-0.1, -0.05) is 25.3 Å². The van der Waals surface area contributed by atoms with Crippen LogP contribution in [-0.2, 0) is 20.9 Å². The number of ether oxygens (including phenoxy) is 1. The van der Waals surface area contributed by atoms with Crippen molar-refractivity contribution in [2.45, 2.75) is 63.6 Å². The average Bonchev–Trinajstić information content (AvgIpc) is 3.32. The Labute approximate surface area is 188 Å². The zero-order valence-corrected chi connectivity index (χ0v) is 18.5. The first-order valence-corrected chi connectivity index (χ1v) is 11.2. The molecule has 0 spiro atoms. The number of carbonyl (C=O) groups excluding carboxylic acids is 3. The lowest BCUT2D eigenvalue weighted by molar-refractivity contribution is -0.138. The first-order valence-electron chi connectivity index (χ1n) is 11.2. The van der Waals surface area contributed by atoms with E-state index in [-0.39, 0.29) is 36.4 Å². The lowest BCUT2D eigenvalue weighted by Crippen LogP contribution is -2.49. The molecule has 2 aliphatic rings. The third-order valence-corrected chi connectivity index (χ3v) is 5.98. The molecule has 0 unspecified atom stereocenters. The first kappa shape index (κ1) is 23.6. The van der Waals surface area contributed by atoms with Crippen LogP contribution in [0.1, 0.15) is 56.2 Å². The smallest absolute Gasteiger partial charge is 0.412 e. The van der Waals surface area contributed by atoms with E-state index in [0.717, 1.165) is 24.8 Å². The fraction of sp³-hybridized carbons (Fsp3) is 0.591. The number of pyridine rings is 1. The van der Waals surface area contributed by atoms with E-state index in [9.17, 15) is 14.4 Å². The number of nitrogens with zero attached hydrogens (tertiary/aromatic N) is 2. The molecule has 174 valence electrons. The van der Waals surface area contributed by atoms with Gasteiger partial charge in [-0.3, -0.25) is 25.3 Å². The molecule has 1 saturated carbocycles. The summed E-state index contributed by atoms with van der Waals surface area (Å²) in [6.45, 7) is 1.16. The SMILES string of the molecule is COC(=O)NC(=N)c1ccc(CNC(=O)[C@H]2CCCN2C(=O)CNC2CCCCC2)cn1. The minimum Gasteiger partial charge on any atom is -0.453 e. The number of alkyl carbamates (subject to hydrolysis) is 1. The number of carbonyl (C=O) groups is 3. The molecular formula is C22H32N6O4. The number of rotatable bonds is 7. The molecule has 1 aromatic rings. The summed E-state index contributed by atoms with van der Waals surface area (Å²) in [5.41, 5.74) is 1.03. The van der Waals surface area contributed by atoms with Gasteiger partial charge in [0.05, 0.1) is 13.7 Å². The van der Waals surface area contributed by atoms with Crippen LogP contribution in [0.2, 0.25) is 0 Å². The summed E-state index contributed by atoms with van der Waals surface area (Å²) in [4.78, 5) is 42.4. The van der Waals surface area contributed by atoms with E-state index in [1.165, 1.54) is 32.6 Å². The molecule has 0 radical (unpaired) electrons. The average molecular weight is 445 g/mol. The quantitative estimate of drug-likeness (QED) is 0.370. The van der Waals surface area contributed by atoms with Crippen LogP contribution >= 0.6 is 0 Å². The second-order valence-corrected chi connectivity index (χ2v) is 8.22. The monoisotopic (exact) mass is 444 g/mol. The predicted octanol–water partition coefficient (Wildman–Crippen LogP) is 1.29. The highest BCUT2D eigenvalue weighted by molar-refractivity contribution is 6.03. The van der Waals surface area contributed by atoms with Gasteiger partial charge in [0.15, 0.2) is 5.84 Å². The molecule has 10 heteroatoms. The maximum absolute atomic E-state index is 12.7. The van der Waals surface area contributed by atoms with Crippen molar-refractivity contribution in [2.24, 2.45) is 0 Å². The number of amidine groups is 1. The summed E-state index contributed by atoms with van der Waals surface area (Å²) in [5.74, 6) is -0.358. The minimum absolute atomic E-state index is 0.0177. The molecule has 3 rings (SSSR count). The van der Waals surface area contributed by atoms with Gasteiger partial charge in [0.2, 0.25) is 11.8 Å². The van der Waals surface area contributed by atoms with E-state index < -0.39 is 12.1 Å². The zero-order valence-electron chi connectivity index (χ0n) is 18.5. The van der Waals surface area contributed by atoms with Crippen LogP contribution in [0, 0.1) is 5.41 Å². The Bertz CT molecular complexity index is 822. The van der Waals surface area contributed by atoms with Gasteiger partial charge < -0.3 is 20.3 Å². The van der Waals surface area contributed by atoms with Crippen molar-refractivity contribution >= 4 is 23.7 Å². The molecule has 0 aromatic carbocycles. The Kier molecular flexibility index (Phi) is 8.55. The second kappa shape index (κ2) is 11.6. The highest BCUT2D eigenvalue weighted by Crippen LogP contribution is 2.19. The Morgan fingerprint density at radius 2 is 1.94 bits per heavy atom. The van der Waals surface area contributed by atoms with Gasteiger partial charge in [0.1, 0.15) is 11.7 Å². The number of hydrogen-bond donors (Lipinski definition) is 4. The van der Waals surface area contributed by atoms with Gasteiger partial charge >= 0.3 is 6.09 Å². The molecule has 10 nitrogen and oxygen atoms in total. The Hall–Kier alpha value is -3.01. The summed E-state index contributed by atoms with van der Waals surface area (Å²) in [7, 11) is 1.22. The Balaban J connectivity index is 1.46. The molecule has 3 amide bonds. The lowest BCUT2D eigenvalue weighted by Gasteiger charge is -2.27. The van der Waals surface area contributed by atoms with E-state index >= 15 is 0 Å². The van der Waals surface area contributed by atoms with Crippen LogP contribution < -0.4 is 16.0 Å². The van der Waals surface area contributed by atoms with E-state index in [4.69, 9.17) is 5.41 Å². The Morgan fingerprint density at radius 3 is 2.62 bits per heavy atom. The molecule has 1 saturated heterocycles. The third-order valence-electron chi connectivity index (χ3n) is 5.98. The van der Waals surface area contributed by atoms with Crippen LogP contribution in [0.15, 0.2) is 18.3 Å². The number of likely N-dealkylation sites (tertiary alicyclic amines) is 1. The van der Waals surface area contributed by atoms with E-state index in [0.29, 0.717) is 19.0 Å². The molecule has 4 N–H and O–H groups in total. The number of nitrogens with one attached hydrogen (secondary N) is 4. The van der Waals surface area contributed by atoms with Crippen LogP contribution in [0.25, 0.3) is 0 Å². The second-order valence-electron chi connectivity index (χ2n) is 8.22. The summed E-state index contributed by atoms with van der Waals surface area (Å²) in [5, 5.41) is 16.3. The molecule has 1 atom stereocenters. The molecule has 2 fully saturated rings. The maximum atomic E-state index is 12.7. The fourth-order valence-corrected chi connectivity index (χ4v) is 4.18. The van der Waals surface area contributed by atoms with Crippen LogP contribution in [0.5, 0.6) is 0 Å². The zero-order chi connectivity index (χ0) is 22.9. The minimum atomic E-state index is -0.738. The third kappa shape index (κ3) is 6.49. The normalized spacial score (nSPS) is 18.8. The molecule has 1 aliphatic carbocycles. The van der Waals surface area contributed by atoms with Crippen molar-refractivity contribution < 1.29 is 19.1 Å². The highest BCUT2D eigenvalue weighted by Gasteiger charge is 2.33. The summed E-state index contributed by atoms with van der Waals surface area (Å²) in [6.07, 6.45) is 8.19. The topological polar surface area (TPSA) is 137 Å². The largest absolute Gasteiger partial charge is 0.453 e. The molecule has 0 bridgehead atoms. The van der Waals surface area contributed by atoms with Crippen molar-refractivity contribution in [3.05, 3.63) is 29.6 Å². The number of hydrogen-bond acceptors (Lipinski definition) is 7. The summed E-state index contributed by atoms with van der Waals surface area (Å²) >= 11 is 0. The summed E-state index contributed by atoms with van der Waals surface area (Å²) < 4.78 is 4.45. The van der Waals surface area contributed by atoms with E-state index in [1.54, 1.807) is 17.0 Å². The summed E-state index contributed by atoms with van der Waals surface area (Å²) in [6, 6.07) is 3.27. The van der Waals surface area contributed by atoms with Gasteiger partial charge in [-0.05, 0) is 37.3 Å². The predicted molar refractivity (Wildman–Crippen MR) is 118 cm³/mol. The molecule has 1 aromatic heterocycles. The lowest BCUT2D eigenvalue weighted by atomic mass is 9.95. The van der Waals surface area contributed by atoms with Crippen molar-refractivity contribution in [1.82, 2.24) is 25.8 Å². The number of amides is 3. The van der Waals surface area contributed by atoms with Crippen molar-refractivity contribution in [3.8, 4) is 0 Å². The fourth-order valence-electron chi connectivity index (χ4n) is 4.18. The van der Waals surface area contributed by atoms with Crippen LogP contribution in [0.4, 0.5) is 4.79 Å². The van der Waals surface area contributed by atoms with Crippen LogP contribution in [0.3, 0.4) is 0 Å². The molecular weight excluding hydrogens is 412 g/mol. The highest BCUT2D eigenvalue weighted by atomic mass is 16.5. The maximum Gasteiger partial charge on any atom is 0.412 e. The van der Waals surface area contributed by atoms with E-state index in [1.807, 2.05) is 0 Å². The first-order chi connectivity index (χ1) is 15.5. The van der Waals surface area contributed by atoms with Gasteiger partial charge in [-0.2, -0.15) is 0 Å². The van der Waals surface area contributed by atoms with Gasteiger partial charge in [0, 0.05) is 25.3 Å². The van der Waals surface area contributed by atoms with Crippen molar-refractivity contribution in [2.75, 3.05) is 20.2 Å². The molecule has 1 aliphatic heterocycles. The van der Waals surface area contributed by atoms with Crippen molar-refractivity contribution in [3.63, 3.8) is 0 Å². The van der Waals surface area contributed by atoms with Gasteiger partial charge in [0.25, 0.3) is 0 Å².